The van der Waals surface area contributed by atoms with Crippen molar-refractivity contribution < 1.29 is 14.0 Å². The predicted octanol–water partition coefficient (Wildman–Crippen LogP) is 5.43. The number of benzene rings is 1. The second-order valence-corrected chi connectivity index (χ2v) is 10.1. The SMILES string of the molecule is C[C@]1(C(=O)NC2CCCCCC2)Cn2c(ccc2-c2ccco2)C(=O)N1CCCc1ccccc1. The van der Waals surface area contributed by atoms with Gasteiger partial charge in [0.1, 0.15) is 17.0 Å². The highest BCUT2D eigenvalue weighted by Crippen LogP contribution is 2.34. The Morgan fingerprint density at radius 3 is 2.46 bits per heavy atom. The van der Waals surface area contributed by atoms with E-state index in [0.717, 1.165) is 44.2 Å². The molecular weight excluding hydrogens is 438 g/mol. The van der Waals surface area contributed by atoms with Gasteiger partial charge < -0.3 is 19.2 Å². The molecule has 2 aromatic heterocycles. The number of hydrogen-bond acceptors (Lipinski definition) is 3. The maximum atomic E-state index is 13.9. The number of aryl methyl sites for hydroxylation is 1. The quantitative estimate of drug-likeness (QED) is 0.465. The summed E-state index contributed by atoms with van der Waals surface area (Å²) in [6.07, 6.45) is 10.1. The van der Waals surface area contributed by atoms with Crippen LogP contribution in [0.15, 0.2) is 65.3 Å². The van der Waals surface area contributed by atoms with Crippen molar-refractivity contribution in [1.82, 2.24) is 14.8 Å². The Morgan fingerprint density at radius 1 is 1.00 bits per heavy atom. The lowest BCUT2D eigenvalue weighted by atomic mass is 9.93. The topological polar surface area (TPSA) is 67.5 Å². The van der Waals surface area contributed by atoms with Crippen LogP contribution in [-0.4, -0.2) is 39.4 Å². The molecule has 5 rings (SSSR count). The van der Waals surface area contributed by atoms with Gasteiger partial charge in [0.15, 0.2) is 0 Å². The van der Waals surface area contributed by atoms with Crippen LogP contribution < -0.4 is 5.32 Å². The predicted molar refractivity (Wildman–Crippen MR) is 136 cm³/mol. The number of nitrogens with zero attached hydrogens (tertiary/aromatic N) is 2. The average Bonchev–Trinajstić information content (AvgIpc) is 3.47. The molecule has 35 heavy (non-hydrogen) atoms. The number of carbonyl (C=O) groups is 2. The number of carbonyl (C=O) groups excluding carboxylic acids is 2. The lowest BCUT2D eigenvalue weighted by molar-refractivity contribution is -0.133. The van der Waals surface area contributed by atoms with Gasteiger partial charge in [0.05, 0.1) is 18.5 Å². The third kappa shape index (κ3) is 4.79. The Morgan fingerprint density at radius 2 is 1.74 bits per heavy atom. The van der Waals surface area contributed by atoms with Gasteiger partial charge in [-0.25, -0.2) is 0 Å². The van der Waals surface area contributed by atoms with E-state index in [0.29, 0.717) is 24.5 Å². The van der Waals surface area contributed by atoms with E-state index in [1.807, 2.05) is 58.9 Å². The first-order valence-corrected chi connectivity index (χ1v) is 13.0. The summed E-state index contributed by atoms with van der Waals surface area (Å²) >= 11 is 0. The largest absolute Gasteiger partial charge is 0.463 e. The third-order valence-electron chi connectivity index (χ3n) is 7.65. The second-order valence-electron chi connectivity index (χ2n) is 10.1. The summed E-state index contributed by atoms with van der Waals surface area (Å²) in [6, 6.07) is 18.0. The molecule has 0 bridgehead atoms. The zero-order valence-corrected chi connectivity index (χ0v) is 20.5. The standard InChI is InChI=1S/C29H35N3O3/c1-29(28(34)30-23-14-7-2-3-8-15-23)21-31-24(26-16-10-20-35-26)17-18-25(31)27(33)32(29)19-9-13-22-11-5-4-6-12-22/h4-6,10-12,16-18,20,23H,2-3,7-9,13-15,19,21H2,1H3,(H,30,34)/t29-/m1/s1. The average molecular weight is 474 g/mol. The normalized spacial score (nSPS) is 20.9. The van der Waals surface area contributed by atoms with E-state index in [-0.39, 0.29) is 17.9 Å². The maximum absolute atomic E-state index is 13.9. The molecule has 2 aliphatic rings. The smallest absolute Gasteiger partial charge is 0.271 e. The van der Waals surface area contributed by atoms with Gasteiger partial charge in [-0.1, -0.05) is 56.0 Å². The van der Waals surface area contributed by atoms with Crippen LogP contribution >= 0.6 is 0 Å². The molecule has 184 valence electrons. The van der Waals surface area contributed by atoms with Crippen LogP contribution in [0.4, 0.5) is 0 Å². The zero-order chi connectivity index (χ0) is 24.3. The molecule has 1 N–H and O–H groups in total. The fourth-order valence-electron chi connectivity index (χ4n) is 5.61. The minimum Gasteiger partial charge on any atom is -0.463 e. The van der Waals surface area contributed by atoms with Crippen LogP contribution in [0.1, 0.15) is 67.9 Å². The Hall–Kier alpha value is -3.28. The van der Waals surface area contributed by atoms with Gasteiger partial charge in [-0.3, -0.25) is 9.59 Å². The van der Waals surface area contributed by atoms with Crippen molar-refractivity contribution in [3.05, 3.63) is 72.1 Å². The monoisotopic (exact) mass is 473 g/mol. The number of fused-ring (bicyclic) bond motifs is 1. The summed E-state index contributed by atoms with van der Waals surface area (Å²) in [4.78, 5) is 29.5. The molecule has 6 heteroatoms. The Kier molecular flexibility index (Phi) is 6.80. The third-order valence-corrected chi connectivity index (χ3v) is 7.65. The maximum Gasteiger partial charge on any atom is 0.271 e. The van der Waals surface area contributed by atoms with Crippen molar-refractivity contribution >= 4 is 11.8 Å². The lowest BCUT2D eigenvalue weighted by Crippen LogP contribution is -2.65. The number of hydrogen-bond donors (Lipinski definition) is 1. The van der Waals surface area contributed by atoms with Gasteiger partial charge >= 0.3 is 0 Å². The summed E-state index contributed by atoms with van der Waals surface area (Å²) in [7, 11) is 0. The van der Waals surface area contributed by atoms with Crippen LogP contribution in [-0.2, 0) is 17.8 Å². The van der Waals surface area contributed by atoms with Crippen molar-refractivity contribution in [3.63, 3.8) is 0 Å². The summed E-state index contributed by atoms with van der Waals surface area (Å²) < 4.78 is 7.60. The number of furan rings is 1. The first-order chi connectivity index (χ1) is 17.1. The molecule has 1 aliphatic carbocycles. The molecular formula is C29H35N3O3. The fraction of sp³-hybridized carbons (Fsp3) is 0.448. The molecule has 0 saturated heterocycles. The van der Waals surface area contributed by atoms with E-state index in [9.17, 15) is 9.59 Å². The number of amides is 2. The van der Waals surface area contributed by atoms with Crippen LogP contribution in [0.5, 0.6) is 0 Å². The summed E-state index contributed by atoms with van der Waals surface area (Å²) in [5.41, 5.74) is 1.70. The van der Waals surface area contributed by atoms with E-state index in [1.165, 1.54) is 18.4 Å². The van der Waals surface area contributed by atoms with Crippen LogP contribution in [0, 0.1) is 0 Å². The highest BCUT2D eigenvalue weighted by molar-refractivity contribution is 6.00. The van der Waals surface area contributed by atoms with Gasteiger partial charge in [0.25, 0.3) is 5.91 Å². The van der Waals surface area contributed by atoms with Crippen molar-refractivity contribution in [2.24, 2.45) is 0 Å². The van der Waals surface area contributed by atoms with Gasteiger partial charge in [0, 0.05) is 12.6 Å². The molecule has 1 aliphatic heterocycles. The first kappa shape index (κ1) is 23.5. The molecule has 3 aromatic rings. The molecule has 1 saturated carbocycles. The highest BCUT2D eigenvalue weighted by atomic mass is 16.3. The van der Waals surface area contributed by atoms with Crippen molar-refractivity contribution in [2.75, 3.05) is 6.54 Å². The number of nitrogens with one attached hydrogen (secondary N) is 1. The van der Waals surface area contributed by atoms with Gasteiger partial charge in [-0.05, 0) is 62.4 Å². The van der Waals surface area contributed by atoms with Crippen LogP contribution in [0.2, 0.25) is 0 Å². The Labute approximate surface area is 207 Å². The lowest BCUT2D eigenvalue weighted by Gasteiger charge is -2.45. The van der Waals surface area contributed by atoms with Gasteiger partial charge in [-0.2, -0.15) is 0 Å². The molecule has 1 aromatic carbocycles. The second kappa shape index (κ2) is 10.1. The molecule has 1 fully saturated rings. The molecule has 2 amide bonds. The van der Waals surface area contributed by atoms with E-state index in [4.69, 9.17) is 4.42 Å². The van der Waals surface area contributed by atoms with Crippen molar-refractivity contribution in [3.8, 4) is 11.5 Å². The molecule has 0 radical (unpaired) electrons. The minimum atomic E-state index is -0.979. The number of aromatic nitrogens is 1. The van der Waals surface area contributed by atoms with Crippen molar-refractivity contribution in [1.29, 1.82) is 0 Å². The molecule has 0 spiro atoms. The number of rotatable bonds is 7. The highest BCUT2D eigenvalue weighted by Gasteiger charge is 2.48. The van der Waals surface area contributed by atoms with E-state index < -0.39 is 5.54 Å². The molecule has 3 heterocycles. The summed E-state index contributed by atoms with van der Waals surface area (Å²) in [5.74, 6) is 0.552. The fourth-order valence-corrected chi connectivity index (χ4v) is 5.61. The van der Waals surface area contributed by atoms with Crippen molar-refractivity contribution in [2.45, 2.75) is 76.4 Å². The Bertz CT molecular complexity index is 1140. The molecule has 1 atom stereocenters. The van der Waals surface area contributed by atoms with E-state index in [1.54, 1.807) is 6.26 Å². The summed E-state index contributed by atoms with van der Waals surface area (Å²) in [6.45, 7) is 2.86. The van der Waals surface area contributed by atoms with E-state index >= 15 is 0 Å². The zero-order valence-electron chi connectivity index (χ0n) is 20.5. The van der Waals surface area contributed by atoms with Gasteiger partial charge in [0.2, 0.25) is 5.91 Å². The van der Waals surface area contributed by atoms with Crippen LogP contribution in [0.25, 0.3) is 11.5 Å². The summed E-state index contributed by atoms with van der Waals surface area (Å²) in [5, 5.41) is 3.34. The first-order valence-electron chi connectivity index (χ1n) is 13.0. The Balaban J connectivity index is 1.42. The van der Waals surface area contributed by atoms with Gasteiger partial charge in [-0.15, -0.1) is 0 Å². The molecule has 6 nitrogen and oxygen atoms in total. The molecule has 0 unspecified atom stereocenters. The van der Waals surface area contributed by atoms with Crippen LogP contribution in [0.3, 0.4) is 0 Å². The minimum absolute atomic E-state index is 0.0535. The van der Waals surface area contributed by atoms with E-state index in [2.05, 4.69) is 17.4 Å².